The van der Waals surface area contributed by atoms with Crippen LogP contribution in [0.2, 0.25) is 0 Å². The summed E-state index contributed by atoms with van der Waals surface area (Å²) in [5, 5.41) is 3.87. The van der Waals surface area contributed by atoms with Crippen LogP contribution < -0.4 is 10.5 Å². The minimum atomic E-state index is 0.463. The Morgan fingerprint density at radius 3 is 2.50 bits per heavy atom. The lowest BCUT2D eigenvalue weighted by Gasteiger charge is -2.05. The standard InChI is InChI=1S/C12H14N2O2/c1-8-12(9(2)16-14-8)7-15-11-5-3-10(13)4-6-11/h3-6H,7,13H2,1-2H3. The third-order valence-corrected chi connectivity index (χ3v) is 2.44. The van der Waals surface area contributed by atoms with Crippen LogP contribution in [0.25, 0.3) is 0 Å². The molecule has 84 valence electrons. The van der Waals surface area contributed by atoms with E-state index in [0.29, 0.717) is 6.61 Å². The molecule has 4 nitrogen and oxygen atoms in total. The molecule has 0 aliphatic rings. The second kappa shape index (κ2) is 4.26. The number of hydrogen-bond acceptors (Lipinski definition) is 4. The molecular weight excluding hydrogens is 204 g/mol. The first-order valence-electron chi connectivity index (χ1n) is 5.07. The van der Waals surface area contributed by atoms with Gasteiger partial charge in [-0.05, 0) is 38.1 Å². The predicted molar refractivity (Wildman–Crippen MR) is 61.2 cm³/mol. The minimum Gasteiger partial charge on any atom is -0.489 e. The molecule has 2 aromatic rings. The molecule has 2 N–H and O–H groups in total. The molecule has 0 aliphatic heterocycles. The molecule has 0 bridgehead atoms. The molecule has 0 spiro atoms. The highest BCUT2D eigenvalue weighted by molar-refractivity contribution is 5.41. The maximum Gasteiger partial charge on any atom is 0.140 e. The van der Waals surface area contributed by atoms with Crippen molar-refractivity contribution in [2.45, 2.75) is 20.5 Å². The van der Waals surface area contributed by atoms with Crippen LogP contribution in [0.5, 0.6) is 5.75 Å². The summed E-state index contributed by atoms with van der Waals surface area (Å²) in [7, 11) is 0. The predicted octanol–water partition coefficient (Wildman–Crippen LogP) is 2.45. The number of nitrogens with zero attached hydrogens (tertiary/aromatic N) is 1. The molecule has 0 radical (unpaired) electrons. The summed E-state index contributed by atoms with van der Waals surface area (Å²) in [6, 6.07) is 7.30. The van der Waals surface area contributed by atoms with Crippen molar-refractivity contribution in [3.05, 3.63) is 41.3 Å². The first-order valence-corrected chi connectivity index (χ1v) is 5.07. The molecule has 0 amide bonds. The summed E-state index contributed by atoms with van der Waals surface area (Å²) in [5.41, 5.74) is 8.18. The van der Waals surface area contributed by atoms with Crippen LogP contribution in [0.3, 0.4) is 0 Å². The Labute approximate surface area is 94.0 Å². The van der Waals surface area contributed by atoms with Crippen LogP contribution in [0.15, 0.2) is 28.8 Å². The molecule has 0 fully saturated rings. The van der Waals surface area contributed by atoms with Crippen LogP contribution in [0.1, 0.15) is 17.0 Å². The van der Waals surface area contributed by atoms with E-state index in [2.05, 4.69) is 5.16 Å². The van der Waals surface area contributed by atoms with Gasteiger partial charge in [-0.15, -0.1) is 0 Å². The van der Waals surface area contributed by atoms with E-state index in [9.17, 15) is 0 Å². The first-order chi connectivity index (χ1) is 7.66. The molecule has 0 saturated carbocycles. The van der Waals surface area contributed by atoms with Crippen molar-refractivity contribution in [3.8, 4) is 5.75 Å². The van der Waals surface area contributed by atoms with Gasteiger partial charge in [0.05, 0.1) is 11.3 Å². The van der Waals surface area contributed by atoms with E-state index in [4.69, 9.17) is 15.0 Å². The van der Waals surface area contributed by atoms with Gasteiger partial charge in [-0.1, -0.05) is 5.16 Å². The van der Waals surface area contributed by atoms with E-state index >= 15 is 0 Å². The van der Waals surface area contributed by atoms with E-state index < -0.39 is 0 Å². The van der Waals surface area contributed by atoms with E-state index in [1.807, 2.05) is 38.1 Å². The van der Waals surface area contributed by atoms with Crippen LogP contribution in [-0.2, 0) is 6.61 Å². The van der Waals surface area contributed by atoms with Crippen molar-refractivity contribution in [1.29, 1.82) is 0 Å². The van der Waals surface area contributed by atoms with Crippen LogP contribution in [-0.4, -0.2) is 5.16 Å². The number of nitrogen functional groups attached to an aromatic ring is 1. The third kappa shape index (κ3) is 2.16. The van der Waals surface area contributed by atoms with Gasteiger partial charge in [0.15, 0.2) is 0 Å². The van der Waals surface area contributed by atoms with Crippen molar-refractivity contribution in [2.75, 3.05) is 5.73 Å². The molecular formula is C12H14N2O2. The summed E-state index contributed by atoms with van der Waals surface area (Å²) >= 11 is 0. The zero-order chi connectivity index (χ0) is 11.5. The van der Waals surface area contributed by atoms with Gasteiger partial charge in [0, 0.05) is 5.69 Å². The largest absolute Gasteiger partial charge is 0.489 e. The number of nitrogens with two attached hydrogens (primary N) is 1. The fourth-order valence-electron chi connectivity index (χ4n) is 1.43. The average Bonchev–Trinajstić information content (AvgIpc) is 2.59. The van der Waals surface area contributed by atoms with E-state index in [0.717, 1.165) is 28.5 Å². The molecule has 0 atom stereocenters. The number of aromatic nitrogens is 1. The monoisotopic (exact) mass is 218 g/mol. The van der Waals surface area contributed by atoms with Gasteiger partial charge in [0.2, 0.25) is 0 Å². The third-order valence-electron chi connectivity index (χ3n) is 2.44. The molecule has 16 heavy (non-hydrogen) atoms. The smallest absolute Gasteiger partial charge is 0.140 e. The zero-order valence-corrected chi connectivity index (χ0v) is 9.36. The van der Waals surface area contributed by atoms with Crippen LogP contribution >= 0.6 is 0 Å². The number of benzene rings is 1. The van der Waals surface area contributed by atoms with Gasteiger partial charge < -0.3 is 15.0 Å². The van der Waals surface area contributed by atoms with Crippen molar-refractivity contribution in [3.63, 3.8) is 0 Å². The van der Waals surface area contributed by atoms with E-state index in [1.165, 1.54) is 0 Å². The summed E-state index contributed by atoms with van der Waals surface area (Å²) < 4.78 is 10.7. The zero-order valence-electron chi connectivity index (χ0n) is 9.36. The Morgan fingerprint density at radius 2 is 1.94 bits per heavy atom. The van der Waals surface area contributed by atoms with E-state index in [1.54, 1.807) is 0 Å². The topological polar surface area (TPSA) is 61.3 Å². The van der Waals surface area contributed by atoms with Gasteiger partial charge in [0.1, 0.15) is 18.1 Å². The van der Waals surface area contributed by atoms with Gasteiger partial charge in [0.25, 0.3) is 0 Å². The SMILES string of the molecule is Cc1noc(C)c1COc1ccc(N)cc1. The number of aryl methyl sites for hydroxylation is 2. The van der Waals surface area contributed by atoms with Gasteiger partial charge in [-0.2, -0.15) is 0 Å². The molecule has 4 heteroatoms. The fraction of sp³-hybridized carbons (Fsp3) is 0.250. The lowest BCUT2D eigenvalue weighted by molar-refractivity contribution is 0.302. The quantitative estimate of drug-likeness (QED) is 0.804. The van der Waals surface area contributed by atoms with Crippen LogP contribution in [0.4, 0.5) is 5.69 Å². The summed E-state index contributed by atoms with van der Waals surface area (Å²) in [6.07, 6.45) is 0. The van der Waals surface area contributed by atoms with Crippen molar-refractivity contribution >= 4 is 5.69 Å². The number of ether oxygens (including phenoxy) is 1. The second-order valence-corrected chi connectivity index (χ2v) is 3.66. The number of anilines is 1. The highest BCUT2D eigenvalue weighted by Gasteiger charge is 2.09. The summed E-state index contributed by atoms with van der Waals surface area (Å²) in [6.45, 7) is 4.24. The van der Waals surface area contributed by atoms with Crippen LogP contribution in [0, 0.1) is 13.8 Å². The molecule has 0 unspecified atom stereocenters. The first kappa shape index (κ1) is 10.5. The Bertz CT molecular complexity index is 455. The van der Waals surface area contributed by atoms with E-state index in [-0.39, 0.29) is 0 Å². The molecule has 0 aliphatic carbocycles. The summed E-state index contributed by atoms with van der Waals surface area (Å²) in [4.78, 5) is 0. The average molecular weight is 218 g/mol. The normalized spacial score (nSPS) is 10.4. The Balaban J connectivity index is 2.05. The fourth-order valence-corrected chi connectivity index (χ4v) is 1.43. The molecule has 1 heterocycles. The van der Waals surface area contributed by atoms with Crippen molar-refractivity contribution < 1.29 is 9.26 Å². The minimum absolute atomic E-state index is 0.463. The summed E-state index contributed by atoms with van der Waals surface area (Å²) in [5.74, 6) is 1.59. The second-order valence-electron chi connectivity index (χ2n) is 3.66. The molecule has 1 aromatic carbocycles. The van der Waals surface area contributed by atoms with Gasteiger partial charge >= 0.3 is 0 Å². The van der Waals surface area contributed by atoms with Crippen molar-refractivity contribution in [2.24, 2.45) is 0 Å². The Morgan fingerprint density at radius 1 is 1.25 bits per heavy atom. The number of rotatable bonds is 3. The highest BCUT2D eigenvalue weighted by Crippen LogP contribution is 2.18. The number of hydrogen-bond donors (Lipinski definition) is 1. The Hall–Kier alpha value is -1.97. The lowest BCUT2D eigenvalue weighted by Crippen LogP contribution is -1.97. The maximum absolute atomic E-state index is 5.61. The van der Waals surface area contributed by atoms with Crippen molar-refractivity contribution in [1.82, 2.24) is 5.16 Å². The lowest BCUT2D eigenvalue weighted by atomic mass is 10.2. The molecule has 1 aromatic heterocycles. The Kier molecular flexibility index (Phi) is 2.81. The maximum atomic E-state index is 5.61. The molecule has 2 rings (SSSR count). The highest BCUT2D eigenvalue weighted by atomic mass is 16.5. The van der Waals surface area contributed by atoms with Gasteiger partial charge in [-0.3, -0.25) is 0 Å². The van der Waals surface area contributed by atoms with Gasteiger partial charge in [-0.25, -0.2) is 0 Å². The molecule has 0 saturated heterocycles.